The van der Waals surface area contributed by atoms with Crippen molar-refractivity contribution < 1.29 is 4.42 Å². The Morgan fingerprint density at radius 3 is 2.76 bits per heavy atom. The van der Waals surface area contributed by atoms with E-state index < -0.39 is 0 Å². The SMILES string of the molecule is CCC(N)C(c1ccc(C)o1)n1cc(Cl)cn1. The summed E-state index contributed by atoms with van der Waals surface area (Å²) in [4.78, 5) is 0. The van der Waals surface area contributed by atoms with Gasteiger partial charge >= 0.3 is 0 Å². The second-order valence-corrected chi connectivity index (χ2v) is 4.54. The fraction of sp³-hybridized carbons (Fsp3) is 0.417. The molecular weight excluding hydrogens is 238 g/mol. The fourth-order valence-electron chi connectivity index (χ4n) is 1.84. The summed E-state index contributed by atoms with van der Waals surface area (Å²) in [6.07, 6.45) is 4.20. The smallest absolute Gasteiger partial charge is 0.130 e. The summed E-state index contributed by atoms with van der Waals surface area (Å²) in [5, 5.41) is 4.81. The highest BCUT2D eigenvalue weighted by Crippen LogP contribution is 2.25. The normalized spacial score (nSPS) is 14.8. The van der Waals surface area contributed by atoms with Gasteiger partial charge in [-0.2, -0.15) is 5.10 Å². The Labute approximate surface area is 105 Å². The Bertz CT molecular complexity index is 451. The van der Waals surface area contributed by atoms with Crippen LogP contribution in [0.4, 0.5) is 0 Å². The molecule has 17 heavy (non-hydrogen) atoms. The Hall–Kier alpha value is -1.26. The minimum absolute atomic E-state index is 0.0588. The Morgan fingerprint density at radius 2 is 2.29 bits per heavy atom. The lowest BCUT2D eigenvalue weighted by Crippen LogP contribution is -2.32. The number of halogens is 1. The predicted octanol–water partition coefficient (Wildman–Crippen LogP) is 2.76. The monoisotopic (exact) mass is 253 g/mol. The van der Waals surface area contributed by atoms with Crippen molar-refractivity contribution >= 4 is 11.6 Å². The maximum absolute atomic E-state index is 6.14. The first-order valence-corrected chi connectivity index (χ1v) is 6.01. The maximum atomic E-state index is 6.14. The van der Waals surface area contributed by atoms with Crippen molar-refractivity contribution in [2.24, 2.45) is 5.73 Å². The molecule has 0 aliphatic rings. The van der Waals surface area contributed by atoms with Crippen molar-refractivity contribution in [3.63, 3.8) is 0 Å². The van der Waals surface area contributed by atoms with Crippen LogP contribution in [0, 0.1) is 6.92 Å². The molecule has 4 nitrogen and oxygen atoms in total. The van der Waals surface area contributed by atoms with E-state index in [0.29, 0.717) is 5.02 Å². The highest BCUT2D eigenvalue weighted by atomic mass is 35.5. The summed E-state index contributed by atoms with van der Waals surface area (Å²) in [5.41, 5.74) is 6.14. The van der Waals surface area contributed by atoms with Crippen molar-refractivity contribution in [3.05, 3.63) is 41.1 Å². The first-order valence-electron chi connectivity index (χ1n) is 5.63. The van der Waals surface area contributed by atoms with Crippen LogP contribution >= 0.6 is 11.6 Å². The highest BCUT2D eigenvalue weighted by molar-refractivity contribution is 6.30. The molecule has 0 aliphatic heterocycles. The van der Waals surface area contributed by atoms with Crippen LogP contribution in [0.1, 0.15) is 30.9 Å². The number of aryl methyl sites for hydroxylation is 1. The number of rotatable bonds is 4. The summed E-state index contributed by atoms with van der Waals surface area (Å²) in [6, 6.07) is 3.69. The van der Waals surface area contributed by atoms with Crippen molar-refractivity contribution in [3.8, 4) is 0 Å². The van der Waals surface area contributed by atoms with Gasteiger partial charge in [0, 0.05) is 12.2 Å². The molecule has 2 atom stereocenters. The maximum Gasteiger partial charge on any atom is 0.130 e. The third-order valence-corrected chi connectivity index (χ3v) is 2.98. The molecule has 0 radical (unpaired) electrons. The van der Waals surface area contributed by atoms with E-state index in [0.717, 1.165) is 17.9 Å². The van der Waals surface area contributed by atoms with Crippen LogP contribution in [0.5, 0.6) is 0 Å². The van der Waals surface area contributed by atoms with Crippen LogP contribution in [0.15, 0.2) is 28.9 Å². The molecule has 0 bridgehead atoms. The van der Waals surface area contributed by atoms with Gasteiger partial charge in [-0.15, -0.1) is 0 Å². The molecule has 0 spiro atoms. The number of nitrogens with zero attached hydrogens (tertiary/aromatic N) is 2. The topological polar surface area (TPSA) is 57.0 Å². The largest absolute Gasteiger partial charge is 0.464 e. The summed E-state index contributed by atoms with van der Waals surface area (Å²) in [5.74, 6) is 1.68. The van der Waals surface area contributed by atoms with Crippen molar-refractivity contribution in [2.45, 2.75) is 32.4 Å². The van der Waals surface area contributed by atoms with Crippen LogP contribution in [0.3, 0.4) is 0 Å². The molecule has 2 heterocycles. The van der Waals surface area contributed by atoms with Gasteiger partial charge in [-0.25, -0.2) is 0 Å². The van der Waals surface area contributed by atoms with Gasteiger partial charge in [-0.3, -0.25) is 4.68 Å². The summed E-state index contributed by atoms with van der Waals surface area (Å²) in [7, 11) is 0. The molecular formula is C12H16ClN3O. The van der Waals surface area contributed by atoms with E-state index in [1.165, 1.54) is 0 Å². The standard InChI is InChI=1S/C12H16ClN3O/c1-3-10(14)12(11-5-4-8(2)17-11)16-7-9(13)6-15-16/h4-7,10,12H,3,14H2,1-2H3. The number of hydrogen-bond donors (Lipinski definition) is 1. The van der Waals surface area contributed by atoms with Gasteiger partial charge in [0.2, 0.25) is 0 Å². The number of furan rings is 1. The van der Waals surface area contributed by atoms with Gasteiger partial charge in [-0.1, -0.05) is 18.5 Å². The van der Waals surface area contributed by atoms with Gasteiger partial charge in [-0.05, 0) is 25.5 Å². The first kappa shape index (κ1) is 12.2. The lowest BCUT2D eigenvalue weighted by atomic mass is 10.0. The van der Waals surface area contributed by atoms with Gasteiger partial charge in [0.1, 0.15) is 17.6 Å². The average Bonchev–Trinajstić information content (AvgIpc) is 2.89. The second-order valence-electron chi connectivity index (χ2n) is 4.10. The first-order chi connectivity index (χ1) is 8.11. The van der Waals surface area contributed by atoms with E-state index in [1.807, 2.05) is 26.0 Å². The van der Waals surface area contributed by atoms with Crippen molar-refractivity contribution in [1.29, 1.82) is 0 Å². The van der Waals surface area contributed by atoms with Gasteiger partial charge < -0.3 is 10.2 Å². The zero-order chi connectivity index (χ0) is 12.4. The fourth-order valence-corrected chi connectivity index (χ4v) is 1.98. The van der Waals surface area contributed by atoms with E-state index >= 15 is 0 Å². The molecule has 0 saturated heterocycles. The molecule has 0 aromatic carbocycles. The van der Waals surface area contributed by atoms with Crippen LogP contribution in [-0.2, 0) is 0 Å². The predicted molar refractivity (Wildman–Crippen MR) is 67.1 cm³/mol. The molecule has 0 saturated carbocycles. The van der Waals surface area contributed by atoms with Gasteiger partial charge in [0.05, 0.1) is 11.2 Å². The highest BCUT2D eigenvalue weighted by Gasteiger charge is 2.24. The third kappa shape index (κ3) is 2.53. The molecule has 0 aliphatic carbocycles. The van der Waals surface area contributed by atoms with E-state index in [2.05, 4.69) is 5.10 Å². The van der Waals surface area contributed by atoms with Crippen LogP contribution in [0.2, 0.25) is 5.02 Å². The number of aromatic nitrogens is 2. The zero-order valence-electron chi connectivity index (χ0n) is 9.93. The molecule has 2 aromatic rings. The molecule has 2 N–H and O–H groups in total. The minimum atomic E-state index is -0.110. The molecule has 5 heteroatoms. The molecule has 92 valence electrons. The summed E-state index contributed by atoms with van der Waals surface area (Å²) >= 11 is 5.89. The minimum Gasteiger partial charge on any atom is -0.464 e. The van der Waals surface area contributed by atoms with Crippen LogP contribution < -0.4 is 5.73 Å². The Kier molecular flexibility index (Phi) is 3.54. The third-order valence-electron chi connectivity index (χ3n) is 2.78. The van der Waals surface area contributed by atoms with Crippen molar-refractivity contribution in [2.75, 3.05) is 0 Å². The zero-order valence-corrected chi connectivity index (χ0v) is 10.7. The van der Waals surface area contributed by atoms with E-state index in [1.54, 1.807) is 17.1 Å². The van der Waals surface area contributed by atoms with E-state index in [-0.39, 0.29) is 12.1 Å². The molecule has 2 unspecified atom stereocenters. The average molecular weight is 254 g/mol. The Balaban J connectivity index is 2.38. The number of nitrogens with two attached hydrogens (primary N) is 1. The van der Waals surface area contributed by atoms with E-state index in [4.69, 9.17) is 21.8 Å². The van der Waals surface area contributed by atoms with Crippen LogP contribution in [0.25, 0.3) is 0 Å². The van der Waals surface area contributed by atoms with Gasteiger partial charge in [0.15, 0.2) is 0 Å². The number of hydrogen-bond acceptors (Lipinski definition) is 3. The Morgan fingerprint density at radius 1 is 1.53 bits per heavy atom. The van der Waals surface area contributed by atoms with Crippen LogP contribution in [-0.4, -0.2) is 15.8 Å². The molecule has 0 amide bonds. The lowest BCUT2D eigenvalue weighted by Gasteiger charge is -2.21. The molecule has 2 rings (SSSR count). The van der Waals surface area contributed by atoms with Gasteiger partial charge in [0.25, 0.3) is 0 Å². The van der Waals surface area contributed by atoms with Crippen molar-refractivity contribution in [1.82, 2.24) is 9.78 Å². The second kappa shape index (κ2) is 4.94. The molecule has 2 aromatic heterocycles. The summed E-state index contributed by atoms with van der Waals surface area (Å²) < 4.78 is 7.41. The summed E-state index contributed by atoms with van der Waals surface area (Å²) in [6.45, 7) is 3.95. The quantitative estimate of drug-likeness (QED) is 0.912. The van der Waals surface area contributed by atoms with E-state index in [9.17, 15) is 0 Å². The molecule has 0 fully saturated rings. The lowest BCUT2D eigenvalue weighted by molar-refractivity contribution is 0.345.